The van der Waals surface area contributed by atoms with Crippen molar-refractivity contribution in [2.45, 2.75) is 19.8 Å². The Hall–Kier alpha value is -0.650. The van der Waals surface area contributed by atoms with Crippen LogP contribution in [0.1, 0.15) is 13.8 Å². The molecule has 0 rings (SSSR count). The van der Waals surface area contributed by atoms with Gasteiger partial charge in [-0.1, -0.05) is 0 Å². The average Bonchev–Trinajstić information content (AvgIpc) is 2.05. The summed E-state index contributed by atoms with van der Waals surface area (Å²) in [4.78, 5) is 11.0. The SMILES string of the molecule is CCOC(=O)C(O)(OC)OCC. The van der Waals surface area contributed by atoms with E-state index in [0.29, 0.717) is 0 Å². The Morgan fingerprint density at radius 1 is 1.42 bits per heavy atom. The van der Waals surface area contributed by atoms with Crippen molar-refractivity contribution < 1.29 is 24.1 Å². The number of aliphatic hydroxyl groups is 1. The maximum absolute atomic E-state index is 11.0. The van der Waals surface area contributed by atoms with Gasteiger partial charge in [0.25, 0.3) is 0 Å². The van der Waals surface area contributed by atoms with Crippen molar-refractivity contribution in [2.24, 2.45) is 0 Å². The molecule has 0 aliphatic rings. The number of rotatable bonds is 5. The third-order valence-electron chi connectivity index (χ3n) is 1.15. The summed E-state index contributed by atoms with van der Waals surface area (Å²) in [5, 5.41) is 9.30. The minimum Gasteiger partial charge on any atom is -0.460 e. The van der Waals surface area contributed by atoms with Crippen LogP contribution >= 0.6 is 0 Å². The number of ether oxygens (including phenoxy) is 3. The van der Waals surface area contributed by atoms with Crippen LogP contribution in [-0.2, 0) is 19.0 Å². The van der Waals surface area contributed by atoms with Gasteiger partial charge in [-0.15, -0.1) is 0 Å². The van der Waals surface area contributed by atoms with Crippen molar-refractivity contribution in [1.29, 1.82) is 0 Å². The molecule has 0 saturated carbocycles. The predicted octanol–water partition coefficient (Wildman–Crippen LogP) is -0.122. The molecule has 0 aromatic rings. The second-order valence-electron chi connectivity index (χ2n) is 1.94. The number of carbonyl (C=O) groups excluding carboxylic acids is 1. The van der Waals surface area contributed by atoms with Crippen LogP contribution in [0, 0.1) is 0 Å². The van der Waals surface area contributed by atoms with E-state index in [-0.39, 0.29) is 13.2 Å². The second-order valence-corrected chi connectivity index (χ2v) is 1.94. The minimum absolute atomic E-state index is 0.156. The Morgan fingerprint density at radius 2 is 2.00 bits per heavy atom. The number of methoxy groups -OCH3 is 1. The molecular weight excluding hydrogens is 164 g/mol. The summed E-state index contributed by atoms with van der Waals surface area (Å²) in [5.74, 6) is -3.19. The average molecular weight is 178 g/mol. The number of hydrogen-bond acceptors (Lipinski definition) is 5. The smallest absolute Gasteiger partial charge is 0.398 e. The van der Waals surface area contributed by atoms with Crippen LogP contribution in [0.25, 0.3) is 0 Å². The van der Waals surface area contributed by atoms with Gasteiger partial charge in [0.2, 0.25) is 0 Å². The van der Waals surface area contributed by atoms with Crippen molar-refractivity contribution in [3.05, 3.63) is 0 Å². The standard InChI is InChI=1S/C7H14O5/c1-4-11-6(8)7(9,10-3)12-5-2/h9H,4-5H2,1-3H3. The van der Waals surface area contributed by atoms with Crippen molar-refractivity contribution in [3.63, 3.8) is 0 Å². The molecule has 0 fully saturated rings. The van der Waals surface area contributed by atoms with Crippen LogP contribution in [0.15, 0.2) is 0 Å². The first kappa shape index (κ1) is 11.4. The molecule has 0 bridgehead atoms. The summed E-state index contributed by atoms with van der Waals surface area (Å²) < 4.78 is 13.6. The van der Waals surface area contributed by atoms with Gasteiger partial charge < -0.3 is 19.3 Å². The summed E-state index contributed by atoms with van der Waals surface area (Å²) in [7, 11) is 1.16. The Labute approximate surface area is 71.2 Å². The normalized spacial score (nSPS) is 15.3. The van der Waals surface area contributed by atoms with Crippen molar-refractivity contribution in [1.82, 2.24) is 0 Å². The summed E-state index contributed by atoms with van der Waals surface area (Å²) in [5.41, 5.74) is 0. The van der Waals surface area contributed by atoms with Crippen LogP contribution in [0.2, 0.25) is 0 Å². The van der Waals surface area contributed by atoms with Crippen molar-refractivity contribution >= 4 is 5.97 Å². The van der Waals surface area contributed by atoms with Crippen molar-refractivity contribution in [3.8, 4) is 0 Å². The zero-order chi connectivity index (χ0) is 9.61. The van der Waals surface area contributed by atoms with Crippen LogP contribution < -0.4 is 0 Å². The van der Waals surface area contributed by atoms with Gasteiger partial charge in [-0.05, 0) is 13.8 Å². The maximum Gasteiger partial charge on any atom is 0.398 e. The van der Waals surface area contributed by atoms with Gasteiger partial charge in [0.05, 0.1) is 13.2 Å². The molecule has 0 aliphatic heterocycles. The number of carbonyl (C=O) groups is 1. The van der Waals surface area contributed by atoms with E-state index < -0.39 is 11.9 Å². The van der Waals surface area contributed by atoms with Crippen LogP contribution in [0.5, 0.6) is 0 Å². The van der Waals surface area contributed by atoms with E-state index in [4.69, 9.17) is 0 Å². The van der Waals surface area contributed by atoms with E-state index in [2.05, 4.69) is 14.2 Å². The molecule has 72 valence electrons. The highest BCUT2D eigenvalue weighted by atomic mass is 16.8. The minimum atomic E-state index is -2.26. The highest BCUT2D eigenvalue weighted by Gasteiger charge is 2.39. The third kappa shape index (κ3) is 2.77. The van der Waals surface area contributed by atoms with E-state index in [0.717, 1.165) is 7.11 Å². The fourth-order valence-electron chi connectivity index (χ4n) is 0.619. The predicted molar refractivity (Wildman–Crippen MR) is 40.2 cm³/mol. The van der Waals surface area contributed by atoms with Gasteiger partial charge in [0.1, 0.15) is 0 Å². The zero-order valence-corrected chi connectivity index (χ0v) is 7.49. The molecular formula is C7H14O5. The lowest BCUT2D eigenvalue weighted by Gasteiger charge is -2.22. The molecule has 12 heavy (non-hydrogen) atoms. The molecule has 0 aromatic carbocycles. The van der Waals surface area contributed by atoms with Crippen LogP contribution in [-0.4, -0.2) is 37.4 Å². The molecule has 5 heteroatoms. The van der Waals surface area contributed by atoms with Gasteiger partial charge in [-0.3, -0.25) is 0 Å². The fourth-order valence-corrected chi connectivity index (χ4v) is 0.619. The van der Waals surface area contributed by atoms with Gasteiger partial charge in [0, 0.05) is 7.11 Å². The highest BCUT2D eigenvalue weighted by molar-refractivity contribution is 5.75. The lowest BCUT2D eigenvalue weighted by molar-refractivity contribution is -0.335. The van der Waals surface area contributed by atoms with E-state index in [1.807, 2.05) is 0 Å². The maximum atomic E-state index is 11.0. The first-order valence-electron chi connectivity index (χ1n) is 3.69. The number of hydrogen-bond donors (Lipinski definition) is 1. The quantitative estimate of drug-likeness (QED) is 0.469. The molecule has 0 radical (unpaired) electrons. The highest BCUT2D eigenvalue weighted by Crippen LogP contribution is 2.09. The first-order valence-corrected chi connectivity index (χ1v) is 3.69. The number of esters is 1. The summed E-state index contributed by atoms with van der Waals surface area (Å²) in [6, 6.07) is 0. The van der Waals surface area contributed by atoms with Gasteiger partial charge in [0.15, 0.2) is 0 Å². The lowest BCUT2D eigenvalue weighted by atomic mass is 10.5. The summed E-state index contributed by atoms with van der Waals surface area (Å²) >= 11 is 0. The van der Waals surface area contributed by atoms with Crippen molar-refractivity contribution in [2.75, 3.05) is 20.3 Å². The largest absolute Gasteiger partial charge is 0.460 e. The molecule has 0 spiro atoms. The summed E-state index contributed by atoms with van der Waals surface area (Å²) in [6.07, 6.45) is 0. The van der Waals surface area contributed by atoms with Crippen LogP contribution in [0.4, 0.5) is 0 Å². The molecule has 5 nitrogen and oxygen atoms in total. The van der Waals surface area contributed by atoms with Gasteiger partial charge in [-0.2, -0.15) is 0 Å². The Balaban J connectivity index is 4.18. The van der Waals surface area contributed by atoms with E-state index in [1.54, 1.807) is 13.8 Å². The fraction of sp³-hybridized carbons (Fsp3) is 0.857. The monoisotopic (exact) mass is 178 g/mol. The lowest BCUT2D eigenvalue weighted by Crippen LogP contribution is -2.44. The van der Waals surface area contributed by atoms with Gasteiger partial charge in [-0.25, -0.2) is 4.79 Å². The second kappa shape index (κ2) is 5.08. The molecule has 1 unspecified atom stereocenters. The third-order valence-corrected chi connectivity index (χ3v) is 1.15. The molecule has 1 N–H and O–H groups in total. The molecule has 0 heterocycles. The Bertz CT molecular complexity index is 147. The zero-order valence-electron chi connectivity index (χ0n) is 7.49. The first-order chi connectivity index (χ1) is 5.60. The van der Waals surface area contributed by atoms with Crippen LogP contribution in [0.3, 0.4) is 0 Å². The van der Waals surface area contributed by atoms with E-state index in [9.17, 15) is 9.90 Å². The topological polar surface area (TPSA) is 65.0 Å². The molecule has 0 amide bonds. The van der Waals surface area contributed by atoms with Gasteiger partial charge >= 0.3 is 11.9 Å². The Kier molecular flexibility index (Phi) is 4.80. The van der Waals surface area contributed by atoms with E-state index >= 15 is 0 Å². The summed E-state index contributed by atoms with van der Waals surface area (Å²) in [6.45, 7) is 3.57. The van der Waals surface area contributed by atoms with E-state index in [1.165, 1.54) is 0 Å². The molecule has 0 aromatic heterocycles. The molecule has 0 saturated heterocycles. The Morgan fingerprint density at radius 3 is 2.33 bits per heavy atom. The molecule has 1 atom stereocenters. The molecule has 0 aliphatic carbocycles.